The fraction of sp³-hybridized carbons (Fsp3) is 0.538. The predicted molar refractivity (Wildman–Crippen MR) is 75.6 cm³/mol. The highest BCUT2D eigenvalue weighted by molar-refractivity contribution is 6.35. The molecule has 0 fully saturated rings. The molecular formula is C13H19Cl2NO2. The summed E-state index contributed by atoms with van der Waals surface area (Å²) < 4.78 is 5.65. The van der Waals surface area contributed by atoms with Gasteiger partial charge in [-0.15, -0.1) is 0 Å². The smallest absolute Gasteiger partial charge is 0.142 e. The largest absolute Gasteiger partial charge is 0.489 e. The third-order valence-corrected chi connectivity index (χ3v) is 3.24. The van der Waals surface area contributed by atoms with Crippen LogP contribution >= 0.6 is 23.2 Å². The van der Waals surface area contributed by atoms with Crippen molar-refractivity contribution in [2.45, 2.75) is 32.4 Å². The maximum absolute atomic E-state index is 9.94. The zero-order valence-electron chi connectivity index (χ0n) is 10.9. The van der Waals surface area contributed by atoms with Crippen molar-refractivity contribution in [1.82, 2.24) is 5.32 Å². The monoisotopic (exact) mass is 291 g/mol. The van der Waals surface area contributed by atoms with E-state index in [-0.39, 0.29) is 6.61 Å². The summed E-state index contributed by atoms with van der Waals surface area (Å²) in [5.74, 6) is 0.573. The molecule has 1 aromatic rings. The molecule has 5 heteroatoms. The van der Waals surface area contributed by atoms with Gasteiger partial charge in [-0.2, -0.15) is 0 Å². The van der Waals surface area contributed by atoms with Gasteiger partial charge in [-0.3, -0.25) is 0 Å². The Morgan fingerprint density at radius 1 is 1.39 bits per heavy atom. The molecule has 0 aromatic heterocycles. The molecule has 102 valence electrons. The van der Waals surface area contributed by atoms with Crippen LogP contribution < -0.4 is 10.1 Å². The van der Waals surface area contributed by atoms with Crippen LogP contribution in [-0.2, 0) is 6.54 Å². The van der Waals surface area contributed by atoms with Crippen molar-refractivity contribution in [3.63, 3.8) is 0 Å². The van der Waals surface area contributed by atoms with Crippen molar-refractivity contribution in [3.05, 3.63) is 27.7 Å². The van der Waals surface area contributed by atoms with Crippen LogP contribution in [0.2, 0.25) is 10.0 Å². The molecule has 0 aliphatic heterocycles. The van der Waals surface area contributed by atoms with Crippen LogP contribution in [0.15, 0.2) is 12.1 Å². The zero-order valence-corrected chi connectivity index (χ0v) is 12.4. The Balaban J connectivity index is 2.93. The van der Waals surface area contributed by atoms with Crippen molar-refractivity contribution in [3.8, 4) is 5.75 Å². The first kappa shape index (κ1) is 15.6. The molecule has 0 spiro atoms. The van der Waals surface area contributed by atoms with E-state index in [4.69, 9.17) is 27.9 Å². The highest BCUT2D eigenvalue weighted by atomic mass is 35.5. The van der Waals surface area contributed by atoms with E-state index in [0.29, 0.717) is 28.8 Å². The molecule has 0 saturated heterocycles. The zero-order chi connectivity index (χ0) is 13.8. The SMILES string of the molecule is CCC(C)(O)COc1c(Cl)cc(Cl)cc1CNC. The lowest BCUT2D eigenvalue weighted by atomic mass is 10.1. The summed E-state index contributed by atoms with van der Waals surface area (Å²) in [4.78, 5) is 0. The van der Waals surface area contributed by atoms with Gasteiger partial charge in [0.1, 0.15) is 12.4 Å². The van der Waals surface area contributed by atoms with E-state index >= 15 is 0 Å². The topological polar surface area (TPSA) is 41.5 Å². The third-order valence-electron chi connectivity index (χ3n) is 2.74. The van der Waals surface area contributed by atoms with Crippen molar-refractivity contribution < 1.29 is 9.84 Å². The molecule has 2 N–H and O–H groups in total. The molecule has 18 heavy (non-hydrogen) atoms. The Bertz CT molecular complexity index is 408. The number of benzene rings is 1. The lowest BCUT2D eigenvalue weighted by Crippen LogP contribution is -2.31. The van der Waals surface area contributed by atoms with Gasteiger partial charge in [-0.25, -0.2) is 0 Å². The van der Waals surface area contributed by atoms with Crippen LogP contribution in [-0.4, -0.2) is 24.4 Å². The van der Waals surface area contributed by atoms with E-state index in [1.807, 2.05) is 14.0 Å². The average molecular weight is 292 g/mol. The number of hydrogen-bond acceptors (Lipinski definition) is 3. The van der Waals surface area contributed by atoms with Gasteiger partial charge in [0.15, 0.2) is 0 Å². The molecule has 1 aromatic carbocycles. The Morgan fingerprint density at radius 3 is 2.61 bits per heavy atom. The van der Waals surface area contributed by atoms with E-state index < -0.39 is 5.60 Å². The third kappa shape index (κ3) is 4.32. The van der Waals surface area contributed by atoms with Gasteiger partial charge in [0.25, 0.3) is 0 Å². The van der Waals surface area contributed by atoms with Crippen molar-refractivity contribution in [2.24, 2.45) is 0 Å². The normalized spacial score (nSPS) is 14.3. The fourth-order valence-electron chi connectivity index (χ4n) is 1.43. The van der Waals surface area contributed by atoms with Crippen molar-refractivity contribution in [2.75, 3.05) is 13.7 Å². The van der Waals surface area contributed by atoms with Gasteiger partial charge in [-0.1, -0.05) is 30.1 Å². The first-order valence-corrected chi connectivity index (χ1v) is 6.63. The first-order chi connectivity index (χ1) is 8.39. The second kappa shape index (κ2) is 6.62. The van der Waals surface area contributed by atoms with Gasteiger partial charge in [0, 0.05) is 17.1 Å². The van der Waals surface area contributed by atoms with Gasteiger partial charge < -0.3 is 15.2 Å². The number of ether oxygens (including phenoxy) is 1. The molecule has 0 bridgehead atoms. The Hall–Kier alpha value is -0.480. The first-order valence-electron chi connectivity index (χ1n) is 5.87. The standard InChI is InChI=1S/C13H19Cl2NO2/c1-4-13(2,17)8-18-12-9(7-16-3)5-10(14)6-11(12)15/h5-6,16-17H,4,7-8H2,1-3H3. The van der Waals surface area contributed by atoms with Gasteiger partial charge in [-0.05, 0) is 32.5 Å². The van der Waals surface area contributed by atoms with Crippen LogP contribution in [0.5, 0.6) is 5.75 Å². The number of aliphatic hydroxyl groups is 1. The molecule has 1 atom stereocenters. The summed E-state index contributed by atoms with van der Waals surface area (Å²) in [6.07, 6.45) is 0.611. The second-order valence-electron chi connectivity index (χ2n) is 4.55. The van der Waals surface area contributed by atoms with Gasteiger partial charge >= 0.3 is 0 Å². The van der Waals surface area contributed by atoms with Gasteiger partial charge in [0.2, 0.25) is 0 Å². The number of halogens is 2. The lowest BCUT2D eigenvalue weighted by molar-refractivity contribution is 0.00821. The fourth-order valence-corrected chi connectivity index (χ4v) is 2.02. The minimum atomic E-state index is -0.861. The van der Waals surface area contributed by atoms with E-state index in [2.05, 4.69) is 5.32 Å². The highest BCUT2D eigenvalue weighted by Gasteiger charge is 2.20. The van der Waals surface area contributed by atoms with Crippen LogP contribution in [0.4, 0.5) is 0 Å². The molecule has 0 aliphatic carbocycles. The lowest BCUT2D eigenvalue weighted by Gasteiger charge is -2.23. The summed E-state index contributed by atoms with van der Waals surface area (Å²) in [5, 5.41) is 14.0. The van der Waals surface area contributed by atoms with E-state index in [9.17, 15) is 5.11 Å². The molecule has 0 saturated carbocycles. The number of nitrogens with one attached hydrogen (secondary N) is 1. The maximum Gasteiger partial charge on any atom is 0.142 e. The molecule has 1 rings (SSSR count). The molecule has 1 unspecified atom stereocenters. The van der Waals surface area contributed by atoms with E-state index in [1.165, 1.54) is 0 Å². The molecule has 0 amide bonds. The second-order valence-corrected chi connectivity index (χ2v) is 5.39. The summed E-state index contributed by atoms with van der Waals surface area (Å²) in [7, 11) is 1.83. The molecule has 3 nitrogen and oxygen atoms in total. The van der Waals surface area contributed by atoms with Gasteiger partial charge in [0.05, 0.1) is 10.6 Å². The average Bonchev–Trinajstić information content (AvgIpc) is 2.28. The molecule has 0 aliphatic rings. The predicted octanol–water partition coefficient (Wildman–Crippen LogP) is 3.25. The highest BCUT2D eigenvalue weighted by Crippen LogP contribution is 2.33. The summed E-state index contributed by atoms with van der Waals surface area (Å²) >= 11 is 12.1. The summed E-state index contributed by atoms with van der Waals surface area (Å²) in [6.45, 7) is 4.43. The van der Waals surface area contributed by atoms with Crippen LogP contribution in [0.25, 0.3) is 0 Å². The van der Waals surface area contributed by atoms with Crippen LogP contribution in [0.3, 0.4) is 0 Å². The maximum atomic E-state index is 9.94. The van der Waals surface area contributed by atoms with Crippen molar-refractivity contribution in [1.29, 1.82) is 0 Å². The Kier molecular flexibility index (Phi) is 5.73. The minimum Gasteiger partial charge on any atom is -0.489 e. The van der Waals surface area contributed by atoms with Crippen molar-refractivity contribution >= 4 is 23.2 Å². The Labute approximate surface area is 118 Å². The van der Waals surface area contributed by atoms with Crippen LogP contribution in [0.1, 0.15) is 25.8 Å². The van der Waals surface area contributed by atoms with E-state index in [0.717, 1.165) is 5.56 Å². The Morgan fingerprint density at radius 2 is 2.06 bits per heavy atom. The van der Waals surface area contributed by atoms with E-state index in [1.54, 1.807) is 19.1 Å². The molecule has 0 radical (unpaired) electrons. The summed E-state index contributed by atoms with van der Waals surface area (Å²) in [6, 6.07) is 3.44. The van der Waals surface area contributed by atoms with Crippen LogP contribution in [0, 0.1) is 0 Å². The molecular weight excluding hydrogens is 273 g/mol. The molecule has 0 heterocycles. The minimum absolute atomic E-state index is 0.196. The number of rotatable bonds is 6. The quantitative estimate of drug-likeness (QED) is 0.845. The number of hydrogen-bond donors (Lipinski definition) is 2. The summed E-state index contributed by atoms with van der Waals surface area (Å²) in [5.41, 5.74) is 0.0155.